The molecule has 0 aromatic heterocycles. The number of thioether (sulfide) groups is 1. The molecule has 0 aliphatic carbocycles. The van der Waals surface area contributed by atoms with E-state index in [4.69, 9.17) is 11.6 Å². The summed E-state index contributed by atoms with van der Waals surface area (Å²) in [6, 6.07) is 13.7. The number of nitrogens with one attached hydrogen (secondary N) is 1. The minimum Gasteiger partial charge on any atom is -0.351 e. The number of halogens is 2. The van der Waals surface area contributed by atoms with Crippen molar-refractivity contribution in [3.05, 3.63) is 70.5 Å². The summed E-state index contributed by atoms with van der Waals surface area (Å²) in [5.74, 6) is 0.743. The van der Waals surface area contributed by atoms with E-state index < -0.39 is 0 Å². The SMILES string of the molecule is O=C(CSCc1ccccc1Cl)NCc1ccc(F)cc1. The van der Waals surface area contributed by atoms with Crippen LogP contribution in [0.25, 0.3) is 0 Å². The van der Waals surface area contributed by atoms with Gasteiger partial charge in [-0.3, -0.25) is 4.79 Å². The van der Waals surface area contributed by atoms with Crippen molar-refractivity contribution in [3.8, 4) is 0 Å². The van der Waals surface area contributed by atoms with E-state index in [9.17, 15) is 9.18 Å². The third-order valence-electron chi connectivity index (χ3n) is 2.85. The topological polar surface area (TPSA) is 29.1 Å². The van der Waals surface area contributed by atoms with E-state index in [2.05, 4.69) is 5.32 Å². The summed E-state index contributed by atoms with van der Waals surface area (Å²) < 4.78 is 12.7. The molecule has 110 valence electrons. The predicted octanol–water partition coefficient (Wildman–Crippen LogP) is 4.03. The van der Waals surface area contributed by atoms with Gasteiger partial charge < -0.3 is 5.32 Å². The normalized spacial score (nSPS) is 10.4. The maximum absolute atomic E-state index is 12.7. The number of hydrogen-bond donors (Lipinski definition) is 1. The lowest BCUT2D eigenvalue weighted by Crippen LogP contribution is -2.24. The Morgan fingerprint density at radius 1 is 1.14 bits per heavy atom. The van der Waals surface area contributed by atoms with Crippen LogP contribution in [-0.2, 0) is 17.1 Å². The molecule has 2 nitrogen and oxygen atoms in total. The third-order valence-corrected chi connectivity index (χ3v) is 4.20. The van der Waals surface area contributed by atoms with E-state index in [1.807, 2.05) is 24.3 Å². The van der Waals surface area contributed by atoms with Gasteiger partial charge in [-0.1, -0.05) is 41.9 Å². The molecule has 0 radical (unpaired) electrons. The number of carbonyl (C=O) groups excluding carboxylic acids is 1. The second-order valence-corrected chi connectivity index (χ2v) is 5.88. The summed E-state index contributed by atoms with van der Waals surface area (Å²) in [5, 5.41) is 3.52. The van der Waals surface area contributed by atoms with E-state index in [1.165, 1.54) is 23.9 Å². The molecule has 0 bridgehead atoms. The maximum atomic E-state index is 12.7. The highest BCUT2D eigenvalue weighted by Crippen LogP contribution is 2.20. The Balaban J connectivity index is 1.70. The van der Waals surface area contributed by atoms with Crippen LogP contribution in [0.4, 0.5) is 4.39 Å². The van der Waals surface area contributed by atoms with Crippen LogP contribution in [0.1, 0.15) is 11.1 Å². The maximum Gasteiger partial charge on any atom is 0.230 e. The summed E-state index contributed by atoms with van der Waals surface area (Å²) in [6.45, 7) is 0.408. The monoisotopic (exact) mass is 323 g/mol. The van der Waals surface area contributed by atoms with Crippen LogP contribution in [-0.4, -0.2) is 11.7 Å². The fraction of sp³-hybridized carbons (Fsp3) is 0.188. The van der Waals surface area contributed by atoms with Gasteiger partial charge in [-0.15, -0.1) is 11.8 Å². The van der Waals surface area contributed by atoms with E-state index in [-0.39, 0.29) is 11.7 Å². The molecule has 2 aromatic carbocycles. The van der Waals surface area contributed by atoms with Crippen LogP contribution < -0.4 is 5.32 Å². The number of carbonyl (C=O) groups is 1. The summed E-state index contributed by atoms with van der Waals surface area (Å²) >= 11 is 7.56. The van der Waals surface area contributed by atoms with Gasteiger partial charge >= 0.3 is 0 Å². The zero-order chi connectivity index (χ0) is 15.1. The molecule has 0 unspecified atom stereocenters. The zero-order valence-corrected chi connectivity index (χ0v) is 12.9. The lowest BCUT2D eigenvalue weighted by Gasteiger charge is -2.06. The Morgan fingerprint density at radius 3 is 2.57 bits per heavy atom. The molecule has 0 heterocycles. The Hall–Kier alpha value is -1.52. The molecule has 0 saturated heterocycles. The van der Waals surface area contributed by atoms with Crippen molar-refractivity contribution in [2.24, 2.45) is 0 Å². The van der Waals surface area contributed by atoms with E-state index >= 15 is 0 Å². The number of amides is 1. The summed E-state index contributed by atoms with van der Waals surface area (Å²) in [4.78, 5) is 11.7. The second kappa shape index (κ2) is 8.05. The van der Waals surface area contributed by atoms with Gasteiger partial charge in [-0.05, 0) is 29.3 Å². The molecule has 1 amide bonds. The van der Waals surface area contributed by atoms with Gasteiger partial charge in [0.2, 0.25) is 5.91 Å². The van der Waals surface area contributed by atoms with Gasteiger partial charge in [0.05, 0.1) is 5.75 Å². The molecule has 0 saturated carbocycles. The van der Waals surface area contributed by atoms with Crippen molar-refractivity contribution in [1.82, 2.24) is 5.32 Å². The van der Waals surface area contributed by atoms with Gasteiger partial charge in [0.15, 0.2) is 0 Å². The van der Waals surface area contributed by atoms with Crippen LogP contribution in [0.3, 0.4) is 0 Å². The minimum absolute atomic E-state index is 0.0450. The Bertz CT molecular complexity index is 603. The van der Waals surface area contributed by atoms with Gasteiger partial charge in [-0.25, -0.2) is 4.39 Å². The lowest BCUT2D eigenvalue weighted by atomic mass is 10.2. The summed E-state index contributed by atoms with van der Waals surface area (Å²) in [7, 11) is 0. The van der Waals surface area contributed by atoms with Gasteiger partial charge in [-0.2, -0.15) is 0 Å². The quantitative estimate of drug-likeness (QED) is 0.869. The Labute approximate surface area is 132 Å². The second-order valence-electron chi connectivity index (χ2n) is 4.49. The van der Waals surface area contributed by atoms with Gasteiger partial charge in [0.25, 0.3) is 0 Å². The first-order valence-corrected chi connectivity index (χ1v) is 8.01. The smallest absolute Gasteiger partial charge is 0.230 e. The van der Waals surface area contributed by atoms with Crippen molar-refractivity contribution in [2.45, 2.75) is 12.3 Å². The zero-order valence-electron chi connectivity index (χ0n) is 11.3. The highest BCUT2D eigenvalue weighted by Gasteiger charge is 2.04. The van der Waals surface area contributed by atoms with E-state index in [1.54, 1.807) is 12.1 Å². The molecule has 0 aliphatic rings. The molecule has 0 aliphatic heterocycles. The number of benzene rings is 2. The molecule has 21 heavy (non-hydrogen) atoms. The molecule has 2 rings (SSSR count). The fourth-order valence-electron chi connectivity index (χ4n) is 1.72. The number of hydrogen-bond acceptors (Lipinski definition) is 2. The first kappa shape index (κ1) is 15.9. The van der Waals surface area contributed by atoms with Gasteiger partial charge in [0.1, 0.15) is 5.82 Å². The largest absolute Gasteiger partial charge is 0.351 e. The Kier molecular flexibility index (Phi) is 6.08. The molecule has 5 heteroatoms. The molecule has 2 aromatic rings. The van der Waals surface area contributed by atoms with Crippen molar-refractivity contribution >= 4 is 29.3 Å². The minimum atomic E-state index is -0.277. The fourth-order valence-corrected chi connectivity index (χ4v) is 2.87. The van der Waals surface area contributed by atoms with Crippen LogP contribution in [0, 0.1) is 5.82 Å². The molecular weight excluding hydrogens is 309 g/mol. The number of rotatable bonds is 6. The highest BCUT2D eigenvalue weighted by atomic mass is 35.5. The van der Waals surface area contributed by atoms with Gasteiger partial charge in [0, 0.05) is 17.3 Å². The summed E-state index contributed by atoms with van der Waals surface area (Å²) in [5.41, 5.74) is 1.90. The Morgan fingerprint density at radius 2 is 1.86 bits per heavy atom. The van der Waals surface area contributed by atoms with Crippen molar-refractivity contribution in [1.29, 1.82) is 0 Å². The van der Waals surface area contributed by atoms with Crippen molar-refractivity contribution < 1.29 is 9.18 Å². The molecule has 0 spiro atoms. The molecule has 0 fully saturated rings. The first-order valence-electron chi connectivity index (χ1n) is 6.47. The molecular formula is C16H15ClFNOS. The first-order chi connectivity index (χ1) is 10.1. The van der Waals surface area contributed by atoms with Crippen LogP contribution >= 0.6 is 23.4 Å². The highest BCUT2D eigenvalue weighted by molar-refractivity contribution is 7.99. The van der Waals surface area contributed by atoms with Crippen LogP contribution in [0.15, 0.2) is 48.5 Å². The van der Waals surface area contributed by atoms with Crippen molar-refractivity contribution in [3.63, 3.8) is 0 Å². The molecule has 0 atom stereocenters. The summed E-state index contributed by atoms with van der Waals surface area (Å²) in [6.07, 6.45) is 0. The lowest BCUT2D eigenvalue weighted by molar-refractivity contribution is -0.118. The van der Waals surface area contributed by atoms with E-state index in [0.717, 1.165) is 16.1 Å². The average Bonchev–Trinajstić information content (AvgIpc) is 2.49. The third kappa shape index (κ3) is 5.40. The average molecular weight is 324 g/mol. The van der Waals surface area contributed by atoms with Crippen LogP contribution in [0.5, 0.6) is 0 Å². The van der Waals surface area contributed by atoms with E-state index in [0.29, 0.717) is 18.1 Å². The van der Waals surface area contributed by atoms with Crippen LogP contribution in [0.2, 0.25) is 5.02 Å². The predicted molar refractivity (Wildman–Crippen MR) is 85.9 cm³/mol. The van der Waals surface area contributed by atoms with Crippen molar-refractivity contribution in [2.75, 3.05) is 5.75 Å². The molecule has 1 N–H and O–H groups in total. The standard InChI is InChI=1S/C16H15ClFNOS/c17-15-4-2-1-3-13(15)10-21-11-16(20)19-9-12-5-7-14(18)8-6-12/h1-8H,9-11H2,(H,19,20).